The molecule has 0 aliphatic heterocycles. The van der Waals surface area contributed by atoms with E-state index in [1.165, 1.54) is 32.1 Å². The molecule has 0 atom stereocenters. The van der Waals surface area contributed by atoms with Gasteiger partial charge < -0.3 is 0 Å². The maximum Gasteiger partial charge on any atom is 0.0700 e. The summed E-state index contributed by atoms with van der Waals surface area (Å²) in [6, 6.07) is 0. The first-order valence-electron chi connectivity index (χ1n) is 3.56. The van der Waals surface area contributed by atoms with Crippen molar-refractivity contribution >= 4 is 7.85 Å². The fraction of sp³-hybridized carbons (Fsp3) is 1.00. The molecule has 2 rings (SSSR count). The molecule has 0 aromatic rings. The summed E-state index contributed by atoms with van der Waals surface area (Å²) in [4.78, 5) is 0. The predicted molar refractivity (Wildman–Crippen MR) is 35.0 cm³/mol. The molecule has 2 fully saturated rings. The molecule has 1 spiro atoms. The van der Waals surface area contributed by atoms with E-state index in [9.17, 15) is 0 Å². The van der Waals surface area contributed by atoms with E-state index in [1.807, 2.05) is 0 Å². The van der Waals surface area contributed by atoms with Gasteiger partial charge in [-0.25, -0.2) is 0 Å². The third kappa shape index (κ3) is 0.477. The molecule has 0 heterocycles. The van der Waals surface area contributed by atoms with E-state index in [1.54, 1.807) is 0 Å². The van der Waals surface area contributed by atoms with Gasteiger partial charge in [-0.15, -0.1) is 0 Å². The second-order valence-corrected chi connectivity index (χ2v) is 3.52. The predicted octanol–water partition coefficient (Wildman–Crippen LogP) is 1.91. The molecule has 2 aliphatic carbocycles. The van der Waals surface area contributed by atoms with Gasteiger partial charge in [0.2, 0.25) is 0 Å². The maximum atomic E-state index is 5.66. The number of rotatable bonds is 0. The average molecular weight is 106 g/mol. The van der Waals surface area contributed by atoms with Gasteiger partial charge in [-0.1, -0.05) is 25.1 Å². The molecular weight excluding hydrogens is 94.9 g/mol. The van der Waals surface area contributed by atoms with Crippen LogP contribution < -0.4 is 0 Å². The SMILES string of the molecule is [B]C1CC2(CCC2)C1. The Morgan fingerprint density at radius 2 is 1.88 bits per heavy atom. The average Bonchev–Trinajstić information content (AvgIpc) is 1.51. The summed E-state index contributed by atoms with van der Waals surface area (Å²) in [5.74, 6) is 0.565. The lowest BCUT2D eigenvalue weighted by Crippen LogP contribution is -2.39. The molecule has 1 heteroatoms. The largest absolute Gasteiger partial charge is 0.0763 e. The minimum atomic E-state index is 0.565. The monoisotopic (exact) mass is 106 g/mol. The van der Waals surface area contributed by atoms with Crippen LogP contribution in [-0.4, -0.2) is 7.85 Å². The van der Waals surface area contributed by atoms with Crippen molar-refractivity contribution in [2.75, 3.05) is 0 Å². The zero-order chi connectivity index (χ0) is 5.61. The van der Waals surface area contributed by atoms with Gasteiger partial charge in [0.25, 0.3) is 0 Å². The van der Waals surface area contributed by atoms with Gasteiger partial charge >= 0.3 is 0 Å². The van der Waals surface area contributed by atoms with Gasteiger partial charge in [0, 0.05) is 0 Å². The molecule has 0 unspecified atom stereocenters. The van der Waals surface area contributed by atoms with Crippen LogP contribution in [0.5, 0.6) is 0 Å². The van der Waals surface area contributed by atoms with Crippen LogP contribution in [0.1, 0.15) is 32.1 Å². The Bertz CT molecular complexity index is 97.0. The van der Waals surface area contributed by atoms with E-state index < -0.39 is 0 Å². The minimum absolute atomic E-state index is 0.565. The fourth-order valence-electron chi connectivity index (χ4n) is 2.14. The zero-order valence-corrected chi connectivity index (χ0v) is 5.19. The second-order valence-electron chi connectivity index (χ2n) is 3.52. The zero-order valence-electron chi connectivity index (χ0n) is 5.19. The lowest BCUT2D eigenvalue weighted by molar-refractivity contribution is 0.0326. The lowest BCUT2D eigenvalue weighted by atomic mass is 9.47. The summed E-state index contributed by atoms with van der Waals surface area (Å²) in [6.45, 7) is 0. The highest BCUT2D eigenvalue weighted by Crippen LogP contribution is 2.59. The second kappa shape index (κ2) is 1.31. The summed E-state index contributed by atoms with van der Waals surface area (Å²) < 4.78 is 0. The molecule has 2 saturated carbocycles. The summed E-state index contributed by atoms with van der Waals surface area (Å²) in [7, 11) is 5.66. The topological polar surface area (TPSA) is 0 Å². The van der Waals surface area contributed by atoms with Crippen LogP contribution in [0.3, 0.4) is 0 Å². The van der Waals surface area contributed by atoms with E-state index in [4.69, 9.17) is 7.85 Å². The highest BCUT2D eigenvalue weighted by atomic mass is 14.5. The molecule has 0 amide bonds. The minimum Gasteiger partial charge on any atom is -0.0763 e. The number of hydrogen-bond acceptors (Lipinski definition) is 0. The van der Waals surface area contributed by atoms with Gasteiger partial charge in [-0.3, -0.25) is 0 Å². The van der Waals surface area contributed by atoms with Crippen molar-refractivity contribution in [3.8, 4) is 0 Å². The highest BCUT2D eigenvalue weighted by Gasteiger charge is 2.45. The number of hydrogen-bond donors (Lipinski definition) is 0. The molecule has 0 N–H and O–H groups in total. The van der Waals surface area contributed by atoms with Crippen molar-refractivity contribution < 1.29 is 0 Å². The molecule has 0 nitrogen and oxygen atoms in total. The molecule has 42 valence electrons. The van der Waals surface area contributed by atoms with E-state index in [2.05, 4.69) is 0 Å². The van der Waals surface area contributed by atoms with Crippen LogP contribution in [0.4, 0.5) is 0 Å². The summed E-state index contributed by atoms with van der Waals surface area (Å²) in [5.41, 5.74) is 0.791. The van der Waals surface area contributed by atoms with Crippen LogP contribution in [-0.2, 0) is 0 Å². The van der Waals surface area contributed by atoms with E-state index in [-0.39, 0.29) is 0 Å². The van der Waals surface area contributed by atoms with Gasteiger partial charge in [0.15, 0.2) is 0 Å². The van der Waals surface area contributed by atoms with Crippen LogP contribution in [0.25, 0.3) is 0 Å². The van der Waals surface area contributed by atoms with Gasteiger partial charge in [0.05, 0.1) is 7.85 Å². The van der Waals surface area contributed by atoms with Gasteiger partial charge in [0.1, 0.15) is 0 Å². The van der Waals surface area contributed by atoms with Crippen molar-refractivity contribution in [2.24, 2.45) is 5.41 Å². The summed E-state index contributed by atoms with van der Waals surface area (Å²) >= 11 is 0. The summed E-state index contributed by atoms with van der Waals surface area (Å²) in [5, 5.41) is 0. The van der Waals surface area contributed by atoms with Crippen molar-refractivity contribution in [2.45, 2.75) is 37.9 Å². The lowest BCUT2D eigenvalue weighted by Gasteiger charge is -2.53. The van der Waals surface area contributed by atoms with Crippen LogP contribution in [0, 0.1) is 5.41 Å². The molecule has 2 radical (unpaired) electrons. The molecule has 0 bridgehead atoms. The Kier molecular flexibility index (Phi) is 0.804. The first-order valence-corrected chi connectivity index (χ1v) is 3.56. The molecule has 8 heavy (non-hydrogen) atoms. The fourth-order valence-corrected chi connectivity index (χ4v) is 2.14. The Morgan fingerprint density at radius 3 is 2.00 bits per heavy atom. The summed E-state index contributed by atoms with van der Waals surface area (Å²) in [6.07, 6.45) is 7.06. The van der Waals surface area contributed by atoms with E-state index in [0.29, 0.717) is 5.82 Å². The first-order chi connectivity index (χ1) is 3.81. The molecule has 2 aliphatic rings. The van der Waals surface area contributed by atoms with Crippen molar-refractivity contribution in [3.63, 3.8) is 0 Å². The Labute approximate surface area is 52.1 Å². The first kappa shape index (κ1) is 4.90. The van der Waals surface area contributed by atoms with Crippen molar-refractivity contribution in [3.05, 3.63) is 0 Å². The molecule has 0 saturated heterocycles. The maximum absolute atomic E-state index is 5.66. The third-order valence-corrected chi connectivity index (χ3v) is 2.80. The van der Waals surface area contributed by atoms with Gasteiger partial charge in [-0.2, -0.15) is 0 Å². The highest BCUT2D eigenvalue weighted by molar-refractivity contribution is 6.12. The Hall–Kier alpha value is 0.0649. The van der Waals surface area contributed by atoms with Gasteiger partial charge in [-0.05, 0) is 18.3 Å². The van der Waals surface area contributed by atoms with Crippen molar-refractivity contribution in [1.29, 1.82) is 0 Å². The smallest absolute Gasteiger partial charge is 0.0700 e. The van der Waals surface area contributed by atoms with Crippen LogP contribution in [0.15, 0.2) is 0 Å². The quantitative estimate of drug-likeness (QED) is 0.413. The standard InChI is InChI=1S/C7H11B/c8-6-4-7(5-6)2-1-3-7/h6H,1-5H2. The Morgan fingerprint density at radius 1 is 1.25 bits per heavy atom. The molecule has 0 aromatic heterocycles. The molecule has 0 aromatic carbocycles. The van der Waals surface area contributed by atoms with Crippen LogP contribution in [0.2, 0.25) is 5.82 Å². The normalized spacial score (nSPS) is 34.0. The Balaban J connectivity index is 1.92. The third-order valence-electron chi connectivity index (χ3n) is 2.80. The van der Waals surface area contributed by atoms with E-state index >= 15 is 0 Å². The molecular formula is C7H11B. The van der Waals surface area contributed by atoms with Crippen LogP contribution >= 0.6 is 0 Å². The van der Waals surface area contributed by atoms with Crippen molar-refractivity contribution in [1.82, 2.24) is 0 Å². The van der Waals surface area contributed by atoms with E-state index in [0.717, 1.165) is 5.41 Å².